The van der Waals surface area contributed by atoms with E-state index in [1.165, 1.54) is 7.11 Å². The first-order valence-electron chi connectivity index (χ1n) is 13.8. The van der Waals surface area contributed by atoms with Crippen molar-refractivity contribution in [1.82, 2.24) is 5.32 Å². The molecule has 4 saturated carbocycles. The number of hydrogen-bond acceptors (Lipinski definition) is 6. The van der Waals surface area contributed by atoms with E-state index in [1.54, 1.807) is 6.92 Å². The molecule has 35 heavy (non-hydrogen) atoms. The summed E-state index contributed by atoms with van der Waals surface area (Å²) < 4.78 is 4.69. The van der Waals surface area contributed by atoms with Crippen molar-refractivity contribution < 1.29 is 29.6 Å². The number of ether oxygens (including phenoxy) is 1. The molecule has 4 N–H and O–H groups in total. The van der Waals surface area contributed by atoms with Crippen molar-refractivity contribution in [3.8, 4) is 0 Å². The molecular formula is C28H47NO6. The zero-order valence-corrected chi connectivity index (χ0v) is 22.2. The van der Waals surface area contributed by atoms with Gasteiger partial charge in [-0.2, -0.15) is 0 Å². The third-order valence-electron chi connectivity index (χ3n) is 11.3. The number of aliphatic hydroxyl groups excluding tert-OH is 3. The van der Waals surface area contributed by atoms with E-state index < -0.39 is 18.1 Å². The molecule has 7 nitrogen and oxygen atoms in total. The lowest BCUT2D eigenvalue weighted by molar-refractivity contribution is -0.207. The summed E-state index contributed by atoms with van der Waals surface area (Å²) in [5.74, 6) is 1.02. The number of aliphatic hydroxyl groups is 3. The normalized spacial score (nSPS) is 46.5. The van der Waals surface area contributed by atoms with Gasteiger partial charge in [0.2, 0.25) is 5.91 Å². The third-order valence-corrected chi connectivity index (χ3v) is 11.3. The summed E-state index contributed by atoms with van der Waals surface area (Å²) in [6, 6.07) is -0.660. The number of carbonyl (C=O) groups is 2. The topological polar surface area (TPSA) is 116 Å². The molecule has 1 amide bonds. The van der Waals surface area contributed by atoms with E-state index in [0.717, 1.165) is 44.9 Å². The van der Waals surface area contributed by atoms with Crippen LogP contribution in [0.1, 0.15) is 85.5 Å². The number of hydrogen-bond donors (Lipinski definition) is 4. The van der Waals surface area contributed by atoms with E-state index in [1.807, 2.05) is 0 Å². The highest BCUT2D eigenvalue weighted by Crippen LogP contribution is 2.68. The largest absolute Gasteiger partial charge is 0.467 e. The van der Waals surface area contributed by atoms with Crippen LogP contribution in [0.3, 0.4) is 0 Å². The average molecular weight is 494 g/mol. The molecule has 7 heteroatoms. The Kier molecular flexibility index (Phi) is 7.63. The van der Waals surface area contributed by atoms with Crippen LogP contribution in [0.2, 0.25) is 0 Å². The van der Waals surface area contributed by atoms with Crippen LogP contribution in [0.15, 0.2) is 0 Å². The highest BCUT2D eigenvalue weighted by Gasteiger charge is 2.65. The van der Waals surface area contributed by atoms with Gasteiger partial charge in [-0.1, -0.05) is 20.8 Å². The molecule has 12 atom stereocenters. The highest BCUT2D eigenvalue weighted by atomic mass is 16.5. The Morgan fingerprint density at radius 1 is 1.03 bits per heavy atom. The Morgan fingerprint density at radius 2 is 1.74 bits per heavy atom. The van der Waals surface area contributed by atoms with Gasteiger partial charge in [-0.15, -0.1) is 0 Å². The Balaban J connectivity index is 1.46. The summed E-state index contributed by atoms with van der Waals surface area (Å²) in [4.78, 5) is 24.0. The second-order valence-corrected chi connectivity index (χ2v) is 12.9. The lowest BCUT2D eigenvalue weighted by atomic mass is 9.43. The lowest BCUT2D eigenvalue weighted by Gasteiger charge is -2.63. The number of nitrogens with one attached hydrogen (secondary N) is 1. The van der Waals surface area contributed by atoms with Crippen molar-refractivity contribution in [2.45, 2.75) is 110 Å². The third kappa shape index (κ3) is 4.54. The zero-order chi connectivity index (χ0) is 25.7. The zero-order valence-electron chi connectivity index (χ0n) is 22.2. The minimum Gasteiger partial charge on any atom is -0.467 e. The summed E-state index contributed by atoms with van der Waals surface area (Å²) in [5, 5.41) is 36.0. The summed E-state index contributed by atoms with van der Waals surface area (Å²) in [5.41, 5.74) is -0.196. The van der Waals surface area contributed by atoms with Crippen LogP contribution in [0.25, 0.3) is 0 Å². The molecule has 0 spiro atoms. The van der Waals surface area contributed by atoms with Crippen LogP contribution in [0.5, 0.6) is 0 Å². The maximum absolute atomic E-state index is 12.4. The van der Waals surface area contributed by atoms with Gasteiger partial charge in [-0.3, -0.25) is 4.79 Å². The number of esters is 1. The quantitative estimate of drug-likeness (QED) is 0.423. The van der Waals surface area contributed by atoms with Crippen LogP contribution < -0.4 is 5.32 Å². The maximum atomic E-state index is 12.4. The van der Waals surface area contributed by atoms with Crippen molar-refractivity contribution in [3.63, 3.8) is 0 Å². The fourth-order valence-electron chi connectivity index (χ4n) is 9.24. The number of rotatable bonds is 6. The molecule has 4 aliphatic rings. The SMILES string of the molecule is COC(=O)[C@H](C)NC(=O)CC[C@@H](C)[C@H]1CC[C@H]2[C@@H]3[C@H](O)C[C@@H]4C[C@H](O)CC[C@]4(C)[C@H]3C[C@H](O)[C@]12C. The lowest BCUT2D eigenvalue weighted by Crippen LogP contribution is -2.62. The van der Waals surface area contributed by atoms with Gasteiger partial charge in [0.1, 0.15) is 6.04 Å². The van der Waals surface area contributed by atoms with E-state index in [-0.39, 0.29) is 52.6 Å². The predicted molar refractivity (Wildman–Crippen MR) is 132 cm³/mol. The van der Waals surface area contributed by atoms with E-state index in [9.17, 15) is 24.9 Å². The Labute approximate surface area is 210 Å². The molecule has 0 aliphatic heterocycles. The monoisotopic (exact) mass is 493 g/mol. The molecule has 0 aromatic heterocycles. The Bertz CT molecular complexity index is 804. The van der Waals surface area contributed by atoms with Crippen molar-refractivity contribution in [1.29, 1.82) is 0 Å². The molecule has 4 fully saturated rings. The number of fused-ring (bicyclic) bond motifs is 5. The molecule has 0 unspecified atom stereocenters. The van der Waals surface area contributed by atoms with Gasteiger partial charge < -0.3 is 25.4 Å². The molecule has 4 rings (SSSR count). The summed E-state index contributed by atoms with van der Waals surface area (Å²) in [6.07, 6.45) is 6.04. The first kappa shape index (κ1) is 26.9. The molecule has 0 bridgehead atoms. The molecule has 0 heterocycles. The van der Waals surface area contributed by atoms with E-state index in [0.29, 0.717) is 24.7 Å². The first-order chi connectivity index (χ1) is 16.4. The van der Waals surface area contributed by atoms with Gasteiger partial charge >= 0.3 is 5.97 Å². The number of carbonyl (C=O) groups excluding carboxylic acids is 2. The van der Waals surface area contributed by atoms with Crippen molar-refractivity contribution in [3.05, 3.63) is 0 Å². The fraction of sp³-hybridized carbons (Fsp3) is 0.929. The number of methoxy groups -OCH3 is 1. The summed E-state index contributed by atoms with van der Waals surface area (Å²) >= 11 is 0. The molecular weight excluding hydrogens is 446 g/mol. The molecule has 0 saturated heterocycles. The predicted octanol–water partition coefficient (Wildman–Crippen LogP) is 3.04. The van der Waals surface area contributed by atoms with Gasteiger partial charge in [-0.25, -0.2) is 4.79 Å². The molecule has 0 radical (unpaired) electrons. The minimum atomic E-state index is -0.660. The van der Waals surface area contributed by atoms with Crippen LogP contribution in [0.4, 0.5) is 0 Å². The first-order valence-corrected chi connectivity index (χ1v) is 13.8. The van der Waals surface area contributed by atoms with E-state index in [4.69, 9.17) is 0 Å². The molecule has 200 valence electrons. The summed E-state index contributed by atoms with van der Waals surface area (Å²) in [7, 11) is 1.31. The highest BCUT2D eigenvalue weighted by molar-refractivity contribution is 5.84. The van der Waals surface area contributed by atoms with Gasteiger partial charge in [0.15, 0.2) is 0 Å². The Morgan fingerprint density at radius 3 is 2.43 bits per heavy atom. The Hall–Kier alpha value is -1.18. The molecule has 0 aromatic carbocycles. The van der Waals surface area contributed by atoms with Crippen molar-refractivity contribution in [2.75, 3.05) is 7.11 Å². The van der Waals surface area contributed by atoms with Gasteiger partial charge in [-0.05, 0) is 105 Å². The smallest absolute Gasteiger partial charge is 0.328 e. The second kappa shape index (κ2) is 9.94. The van der Waals surface area contributed by atoms with E-state index >= 15 is 0 Å². The summed E-state index contributed by atoms with van der Waals surface area (Å²) in [6.45, 7) is 8.40. The van der Waals surface area contributed by atoms with Crippen LogP contribution in [-0.2, 0) is 14.3 Å². The molecule has 0 aromatic rings. The molecule has 4 aliphatic carbocycles. The standard InChI is InChI=1S/C28H47NO6/c1-15(6-9-24(33)29-16(2)26(34)35-5)19-7-8-20-25-21(14-23(32)28(19,20)4)27(3)11-10-18(30)12-17(27)13-22(25)31/h15-23,25,30-32H,6-14H2,1-5H3,(H,29,33)/t15-,16+,17+,18-,19-,20+,21+,22-,23+,25+,27+,28-/m1/s1. The average Bonchev–Trinajstić information content (AvgIpc) is 3.17. The second-order valence-electron chi connectivity index (χ2n) is 12.9. The van der Waals surface area contributed by atoms with Crippen LogP contribution in [-0.4, -0.2) is 58.7 Å². The van der Waals surface area contributed by atoms with Crippen LogP contribution >= 0.6 is 0 Å². The van der Waals surface area contributed by atoms with Crippen molar-refractivity contribution in [2.24, 2.45) is 46.3 Å². The van der Waals surface area contributed by atoms with Gasteiger partial charge in [0, 0.05) is 6.42 Å². The fourth-order valence-corrected chi connectivity index (χ4v) is 9.24. The number of amides is 1. The van der Waals surface area contributed by atoms with E-state index in [2.05, 4.69) is 30.8 Å². The minimum absolute atomic E-state index is 0.0730. The van der Waals surface area contributed by atoms with Gasteiger partial charge in [0.05, 0.1) is 25.4 Å². The van der Waals surface area contributed by atoms with Gasteiger partial charge in [0.25, 0.3) is 0 Å². The van der Waals surface area contributed by atoms with Crippen LogP contribution in [0, 0.1) is 46.3 Å². The maximum Gasteiger partial charge on any atom is 0.328 e. The van der Waals surface area contributed by atoms with Crippen molar-refractivity contribution >= 4 is 11.9 Å².